The Balaban J connectivity index is 2.21. The van der Waals surface area contributed by atoms with Gasteiger partial charge in [0.15, 0.2) is 0 Å². The van der Waals surface area contributed by atoms with E-state index in [1.165, 1.54) is 17.4 Å². The summed E-state index contributed by atoms with van der Waals surface area (Å²) in [6.07, 6.45) is 0. The van der Waals surface area contributed by atoms with E-state index in [0.29, 0.717) is 16.8 Å². The Morgan fingerprint density at radius 2 is 2.14 bits per heavy atom. The minimum atomic E-state index is -3.59. The monoisotopic (exact) mass is 341 g/mol. The Labute approximate surface area is 133 Å². The Kier molecular flexibility index (Phi) is 4.72. The van der Waals surface area contributed by atoms with Crippen LogP contribution in [0, 0.1) is 13.8 Å². The number of hydrogen-bond donors (Lipinski definition) is 2. The van der Waals surface area contributed by atoms with Crippen molar-refractivity contribution in [1.82, 2.24) is 9.71 Å². The highest BCUT2D eigenvalue weighted by atomic mass is 32.2. The molecule has 0 spiro atoms. The van der Waals surface area contributed by atoms with Crippen molar-refractivity contribution in [3.05, 3.63) is 45.4 Å². The number of thiazole rings is 1. The molecule has 0 fully saturated rings. The maximum absolute atomic E-state index is 12.3. The van der Waals surface area contributed by atoms with Crippen LogP contribution >= 0.6 is 23.6 Å². The molecule has 0 amide bonds. The summed E-state index contributed by atoms with van der Waals surface area (Å²) in [5.41, 5.74) is 7.49. The van der Waals surface area contributed by atoms with E-state index in [1.807, 2.05) is 12.3 Å². The van der Waals surface area contributed by atoms with Crippen LogP contribution in [0.3, 0.4) is 0 Å². The molecule has 1 heterocycles. The van der Waals surface area contributed by atoms with Gasteiger partial charge in [-0.3, -0.25) is 0 Å². The summed E-state index contributed by atoms with van der Waals surface area (Å²) in [5, 5.41) is 2.74. The van der Waals surface area contributed by atoms with Crippen molar-refractivity contribution in [1.29, 1.82) is 0 Å². The van der Waals surface area contributed by atoms with Gasteiger partial charge in [0.1, 0.15) is 4.99 Å². The molecule has 0 aliphatic carbocycles. The highest BCUT2D eigenvalue weighted by molar-refractivity contribution is 7.89. The van der Waals surface area contributed by atoms with Gasteiger partial charge in [-0.15, -0.1) is 11.3 Å². The summed E-state index contributed by atoms with van der Waals surface area (Å²) in [7, 11) is -3.59. The number of sulfonamides is 1. The molecule has 1 aromatic carbocycles. The Morgan fingerprint density at radius 1 is 1.43 bits per heavy atom. The standard InChI is InChI=1S/C13H15N3O2S3/c1-8-5-10(13(14)19)3-4-12(8)21(17,18)15-6-11-7-20-9(2)16-11/h3-5,7,15H,6H2,1-2H3,(H2,14,19). The molecule has 5 nitrogen and oxygen atoms in total. The molecule has 2 aromatic rings. The van der Waals surface area contributed by atoms with E-state index in [4.69, 9.17) is 18.0 Å². The van der Waals surface area contributed by atoms with Crippen molar-refractivity contribution < 1.29 is 8.42 Å². The lowest BCUT2D eigenvalue weighted by Crippen LogP contribution is -2.24. The van der Waals surface area contributed by atoms with Gasteiger partial charge in [0, 0.05) is 10.9 Å². The topological polar surface area (TPSA) is 85.1 Å². The van der Waals surface area contributed by atoms with Crippen molar-refractivity contribution in [2.24, 2.45) is 5.73 Å². The molecule has 0 aliphatic heterocycles. The van der Waals surface area contributed by atoms with Gasteiger partial charge < -0.3 is 5.73 Å². The third-order valence-corrected chi connectivity index (χ3v) is 5.48. The number of rotatable bonds is 5. The Morgan fingerprint density at radius 3 is 2.67 bits per heavy atom. The van der Waals surface area contributed by atoms with E-state index in [1.54, 1.807) is 19.1 Å². The fourth-order valence-electron chi connectivity index (χ4n) is 1.84. The highest BCUT2D eigenvalue weighted by Gasteiger charge is 2.17. The fourth-order valence-corrected chi connectivity index (χ4v) is 3.80. The summed E-state index contributed by atoms with van der Waals surface area (Å²) < 4.78 is 27.2. The van der Waals surface area contributed by atoms with Crippen molar-refractivity contribution in [3.63, 3.8) is 0 Å². The molecular weight excluding hydrogens is 326 g/mol. The van der Waals surface area contributed by atoms with Crippen molar-refractivity contribution in [2.75, 3.05) is 0 Å². The molecule has 8 heteroatoms. The second-order valence-electron chi connectivity index (χ2n) is 4.53. The van der Waals surface area contributed by atoms with Gasteiger partial charge in [-0.05, 0) is 31.5 Å². The van der Waals surface area contributed by atoms with Crippen LogP contribution in [0.15, 0.2) is 28.5 Å². The predicted octanol–water partition coefficient (Wildman–Crippen LogP) is 1.87. The quantitative estimate of drug-likeness (QED) is 0.811. The average Bonchev–Trinajstić information content (AvgIpc) is 2.82. The zero-order valence-corrected chi connectivity index (χ0v) is 14.0. The van der Waals surface area contributed by atoms with E-state index in [-0.39, 0.29) is 16.4 Å². The first-order valence-electron chi connectivity index (χ1n) is 6.11. The lowest BCUT2D eigenvalue weighted by molar-refractivity contribution is 0.580. The lowest BCUT2D eigenvalue weighted by atomic mass is 10.1. The second kappa shape index (κ2) is 6.18. The normalized spacial score (nSPS) is 11.5. The van der Waals surface area contributed by atoms with E-state index in [2.05, 4.69) is 9.71 Å². The van der Waals surface area contributed by atoms with Gasteiger partial charge in [-0.2, -0.15) is 0 Å². The first-order valence-corrected chi connectivity index (χ1v) is 8.88. The molecule has 1 aromatic heterocycles. The average molecular weight is 341 g/mol. The minimum Gasteiger partial charge on any atom is -0.389 e. The summed E-state index contributed by atoms with van der Waals surface area (Å²) >= 11 is 6.37. The zero-order chi connectivity index (χ0) is 15.6. The SMILES string of the molecule is Cc1nc(CNS(=O)(=O)c2ccc(C(N)=S)cc2C)cs1. The lowest BCUT2D eigenvalue weighted by Gasteiger charge is -2.10. The molecule has 3 N–H and O–H groups in total. The summed E-state index contributed by atoms with van der Waals surface area (Å²) in [4.78, 5) is 4.69. The molecule has 0 bridgehead atoms. The molecule has 0 aliphatic rings. The van der Waals surface area contributed by atoms with Crippen LogP contribution in [0.5, 0.6) is 0 Å². The van der Waals surface area contributed by atoms with Crippen LogP contribution < -0.4 is 10.5 Å². The highest BCUT2D eigenvalue weighted by Crippen LogP contribution is 2.17. The molecule has 21 heavy (non-hydrogen) atoms. The van der Waals surface area contributed by atoms with Crippen molar-refractivity contribution >= 4 is 38.6 Å². The number of nitrogens with two attached hydrogens (primary N) is 1. The first-order chi connectivity index (χ1) is 9.79. The second-order valence-corrected chi connectivity index (χ2v) is 7.76. The van der Waals surface area contributed by atoms with Gasteiger partial charge in [0.2, 0.25) is 10.0 Å². The van der Waals surface area contributed by atoms with Crippen LogP contribution in [0.1, 0.15) is 21.8 Å². The van der Waals surface area contributed by atoms with Gasteiger partial charge in [-0.1, -0.05) is 18.3 Å². The Bertz CT molecular complexity index is 782. The molecule has 0 atom stereocenters. The summed E-state index contributed by atoms with van der Waals surface area (Å²) in [5.74, 6) is 0. The van der Waals surface area contributed by atoms with Crippen molar-refractivity contribution in [3.8, 4) is 0 Å². The molecule has 0 saturated heterocycles. The van der Waals surface area contributed by atoms with Gasteiger partial charge >= 0.3 is 0 Å². The van der Waals surface area contributed by atoms with Crippen LogP contribution in [0.4, 0.5) is 0 Å². The molecule has 2 rings (SSSR count). The fraction of sp³-hybridized carbons (Fsp3) is 0.231. The number of nitrogens with zero attached hydrogens (tertiary/aromatic N) is 1. The van der Waals surface area contributed by atoms with E-state index in [0.717, 1.165) is 5.01 Å². The smallest absolute Gasteiger partial charge is 0.241 e. The molecule has 112 valence electrons. The largest absolute Gasteiger partial charge is 0.389 e. The number of aryl methyl sites for hydroxylation is 2. The van der Waals surface area contributed by atoms with E-state index >= 15 is 0 Å². The number of thiocarbonyl (C=S) groups is 1. The maximum atomic E-state index is 12.3. The molecule has 0 radical (unpaired) electrons. The molecule has 0 unspecified atom stereocenters. The van der Waals surface area contributed by atoms with Crippen LogP contribution in [-0.2, 0) is 16.6 Å². The third kappa shape index (κ3) is 3.85. The molecule has 0 saturated carbocycles. The third-order valence-electron chi connectivity index (χ3n) is 2.86. The number of benzene rings is 1. The van der Waals surface area contributed by atoms with Gasteiger partial charge in [-0.25, -0.2) is 18.1 Å². The minimum absolute atomic E-state index is 0.170. The van der Waals surface area contributed by atoms with Gasteiger partial charge in [0.25, 0.3) is 0 Å². The van der Waals surface area contributed by atoms with Crippen LogP contribution in [-0.4, -0.2) is 18.4 Å². The zero-order valence-electron chi connectivity index (χ0n) is 11.6. The molecular formula is C13H15N3O2S3. The van der Waals surface area contributed by atoms with Crippen LogP contribution in [0.2, 0.25) is 0 Å². The number of aromatic nitrogens is 1. The van der Waals surface area contributed by atoms with E-state index < -0.39 is 10.0 Å². The maximum Gasteiger partial charge on any atom is 0.241 e. The van der Waals surface area contributed by atoms with Crippen molar-refractivity contribution in [2.45, 2.75) is 25.3 Å². The number of nitrogens with one attached hydrogen (secondary N) is 1. The summed E-state index contributed by atoms with van der Waals surface area (Å²) in [6, 6.07) is 4.79. The van der Waals surface area contributed by atoms with Gasteiger partial charge in [0.05, 0.1) is 22.1 Å². The Hall–Kier alpha value is -1.35. The first kappa shape index (κ1) is 16.0. The number of hydrogen-bond acceptors (Lipinski definition) is 5. The predicted molar refractivity (Wildman–Crippen MR) is 87.9 cm³/mol. The summed E-state index contributed by atoms with van der Waals surface area (Å²) in [6.45, 7) is 3.76. The van der Waals surface area contributed by atoms with Crippen LogP contribution in [0.25, 0.3) is 0 Å². The van der Waals surface area contributed by atoms with E-state index in [9.17, 15) is 8.42 Å².